The summed E-state index contributed by atoms with van der Waals surface area (Å²) in [6.07, 6.45) is 1.10. The van der Waals surface area contributed by atoms with Gasteiger partial charge in [0.25, 0.3) is 0 Å². The minimum atomic E-state index is -0.151. The van der Waals surface area contributed by atoms with E-state index in [1.807, 2.05) is 0 Å². The van der Waals surface area contributed by atoms with Crippen molar-refractivity contribution in [2.24, 2.45) is 11.8 Å². The molecule has 0 fully saturated rings. The molecule has 0 aliphatic rings. The molecule has 1 aromatic rings. The highest BCUT2D eigenvalue weighted by Gasteiger charge is 2.24. The Morgan fingerprint density at radius 3 is 2.21 bits per heavy atom. The van der Waals surface area contributed by atoms with Crippen molar-refractivity contribution < 1.29 is 5.11 Å². The molecule has 0 saturated heterocycles. The Kier molecular flexibility index (Phi) is 6.65. The maximum absolute atomic E-state index is 9.65. The molecular formula is C14H19Cl3OS. The summed E-state index contributed by atoms with van der Waals surface area (Å²) in [6, 6.07) is 1.69. The molecule has 0 aromatic heterocycles. The van der Waals surface area contributed by atoms with Gasteiger partial charge in [-0.15, -0.1) is 11.8 Å². The van der Waals surface area contributed by atoms with Gasteiger partial charge < -0.3 is 5.11 Å². The number of benzene rings is 1. The van der Waals surface area contributed by atoms with Gasteiger partial charge in [-0.3, -0.25) is 0 Å². The van der Waals surface area contributed by atoms with Crippen molar-refractivity contribution in [2.45, 2.75) is 44.3 Å². The standard InChI is InChI=1S/C14H19Cl3OS/c1-5-8(4)14(7(2)3)19-10-6-9(15)13(18)12(17)11(10)16/h6-8,14,18H,5H2,1-4H3. The molecule has 0 heterocycles. The Labute approximate surface area is 134 Å². The van der Waals surface area contributed by atoms with E-state index in [4.69, 9.17) is 34.8 Å². The van der Waals surface area contributed by atoms with Gasteiger partial charge in [-0.05, 0) is 17.9 Å². The predicted octanol–water partition coefficient (Wildman–Crippen LogP) is 6.52. The van der Waals surface area contributed by atoms with E-state index in [2.05, 4.69) is 27.7 Å². The first-order chi connectivity index (χ1) is 8.79. The van der Waals surface area contributed by atoms with Crippen LogP contribution in [0.2, 0.25) is 15.1 Å². The highest BCUT2D eigenvalue weighted by molar-refractivity contribution is 8.00. The van der Waals surface area contributed by atoms with Gasteiger partial charge in [0.1, 0.15) is 5.02 Å². The maximum atomic E-state index is 9.65. The van der Waals surface area contributed by atoms with Crippen molar-refractivity contribution in [3.8, 4) is 5.75 Å². The number of hydrogen-bond donors (Lipinski definition) is 1. The first-order valence-corrected chi connectivity index (χ1v) is 8.34. The van der Waals surface area contributed by atoms with Crippen LogP contribution in [0.3, 0.4) is 0 Å². The predicted molar refractivity (Wildman–Crippen MR) is 87.1 cm³/mol. The zero-order valence-electron chi connectivity index (χ0n) is 11.5. The maximum Gasteiger partial charge on any atom is 0.154 e. The minimum Gasteiger partial charge on any atom is -0.505 e. The van der Waals surface area contributed by atoms with Gasteiger partial charge in [0, 0.05) is 10.1 Å². The summed E-state index contributed by atoms with van der Waals surface area (Å²) in [5, 5.41) is 10.8. The van der Waals surface area contributed by atoms with Crippen LogP contribution < -0.4 is 0 Å². The summed E-state index contributed by atoms with van der Waals surface area (Å²) >= 11 is 19.8. The van der Waals surface area contributed by atoms with Crippen LogP contribution in [0.1, 0.15) is 34.1 Å². The lowest BCUT2D eigenvalue weighted by atomic mass is 9.96. The molecule has 2 atom stereocenters. The van der Waals surface area contributed by atoms with Crippen molar-refractivity contribution in [2.75, 3.05) is 0 Å². The van der Waals surface area contributed by atoms with E-state index in [-0.39, 0.29) is 15.8 Å². The van der Waals surface area contributed by atoms with Gasteiger partial charge in [-0.2, -0.15) is 0 Å². The van der Waals surface area contributed by atoms with E-state index in [0.29, 0.717) is 22.1 Å². The number of rotatable bonds is 5. The van der Waals surface area contributed by atoms with Crippen LogP contribution in [0.5, 0.6) is 5.75 Å². The number of halogens is 3. The third kappa shape index (κ3) is 4.10. The van der Waals surface area contributed by atoms with Gasteiger partial charge in [-0.1, -0.05) is 68.9 Å². The second-order valence-electron chi connectivity index (χ2n) is 5.05. The van der Waals surface area contributed by atoms with Gasteiger partial charge in [0.2, 0.25) is 0 Å². The first-order valence-electron chi connectivity index (χ1n) is 6.32. The van der Waals surface area contributed by atoms with Crippen molar-refractivity contribution in [1.82, 2.24) is 0 Å². The molecule has 0 aliphatic carbocycles. The molecule has 0 bridgehead atoms. The highest BCUT2D eigenvalue weighted by atomic mass is 35.5. The van der Waals surface area contributed by atoms with Crippen LogP contribution in [0, 0.1) is 11.8 Å². The summed E-state index contributed by atoms with van der Waals surface area (Å²) in [4.78, 5) is 0.827. The van der Waals surface area contributed by atoms with Crippen LogP contribution in [0.25, 0.3) is 0 Å². The lowest BCUT2D eigenvalue weighted by Gasteiger charge is -2.26. The number of aromatic hydroxyl groups is 1. The topological polar surface area (TPSA) is 20.2 Å². The Morgan fingerprint density at radius 1 is 1.16 bits per heavy atom. The van der Waals surface area contributed by atoms with Gasteiger partial charge in [0.15, 0.2) is 5.75 Å². The van der Waals surface area contributed by atoms with Crippen LogP contribution in [-0.2, 0) is 0 Å². The van der Waals surface area contributed by atoms with E-state index in [1.165, 1.54) is 0 Å². The number of phenols is 1. The monoisotopic (exact) mass is 340 g/mol. The molecule has 2 unspecified atom stereocenters. The normalized spacial score (nSPS) is 14.7. The highest BCUT2D eigenvalue weighted by Crippen LogP contribution is 2.46. The van der Waals surface area contributed by atoms with Crippen LogP contribution >= 0.6 is 46.6 Å². The molecule has 0 saturated carbocycles. The van der Waals surface area contributed by atoms with Crippen molar-refractivity contribution >= 4 is 46.6 Å². The molecule has 1 rings (SSSR count). The van der Waals surface area contributed by atoms with E-state index < -0.39 is 0 Å². The van der Waals surface area contributed by atoms with Crippen LogP contribution in [-0.4, -0.2) is 10.4 Å². The molecular weight excluding hydrogens is 323 g/mol. The Bertz CT molecular complexity index is 449. The fraction of sp³-hybridized carbons (Fsp3) is 0.571. The summed E-state index contributed by atoms with van der Waals surface area (Å²) in [5.41, 5.74) is 0. The second kappa shape index (κ2) is 7.31. The summed E-state index contributed by atoms with van der Waals surface area (Å²) in [5.74, 6) is 0.928. The fourth-order valence-electron chi connectivity index (χ4n) is 1.94. The van der Waals surface area contributed by atoms with Crippen molar-refractivity contribution in [1.29, 1.82) is 0 Å². The molecule has 1 N–H and O–H groups in total. The molecule has 0 aliphatic heterocycles. The average molecular weight is 342 g/mol. The molecule has 1 nitrogen and oxygen atoms in total. The van der Waals surface area contributed by atoms with E-state index in [1.54, 1.807) is 17.8 Å². The number of phenolic OH excluding ortho intramolecular Hbond substituents is 1. The van der Waals surface area contributed by atoms with Crippen molar-refractivity contribution in [3.05, 3.63) is 21.1 Å². The third-order valence-corrected chi connectivity index (χ3v) is 6.34. The van der Waals surface area contributed by atoms with Gasteiger partial charge in [0.05, 0.1) is 10.0 Å². The zero-order valence-corrected chi connectivity index (χ0v) is 14.6. The molecule has 19 heavy (non-hydrogen) atoms. The SMILES string of the molecule is CCC(C)C(Sc1cc(Cl)c(O)c(Cl)c1Cl)C(C)C. The molecule has 0 amide bonds. The van der Waals surface area contributed by atoms with E-state index in [9.17, 15) is 5.11 Å². The lowest BCUT2D eigenvalue weighted by Crippen LogP contribution is -2.20. The Balaban J connectivity index is 3.10. The summed E-state index contributed by atoms with van der Waals surface area (Å²) < 4.78 is 0. The lowest BCUT2D eigenvalue weighted by molar-refractivity contribution is 0.445. The molecule has 1 aromatic carbocycles. The average Bonchev–Trinajstić information content (AvgIpc) is 2.37. The molecule has 0 spiro atoms. The van der Waals surface area contributed by atoms with Crippen molar-refractivity contribution in [3.63, 3.8) is 0 Å². The summed E-state index contributed by atoms with van der Waals surface area (Å²) in [7, 11) is 0. The molecule has 5 heteroatoms. The number of hydrogen-bond acceptors (Lipinski definition) is 2. The first kappa shape index (κ1) is 17.3. The molecule has 108 valence electrons. The van der Waals surface area contributed by atoms with Gasteiger partial charge >= 0.3 is 0 Å². The second-order valence-corrected chi connectivity index (χ2v) is 7.43. The Morgan fingerprint density at radius 2 is 1.74 bits per heavy atom. The van der Waals surface area contributed by atoms with E-state index in [0.717, 1.165) is 11.3 Å². The summed E-state index contributed by atoms with van der Waals surface area (Å²) in [6.45, 7) is 8.80. The van der Waals surface area contributed by atoms with Crippen LogP contribution in [0.4, 0.5) is 0 Å². The quantitative estimate of drug-likeness (QED) is 0.486. The van der Waals surface area contributed by atoms with Gasteiger partial charge in [-0.25, -0.2) is 0 Å². The fourth-order valence-corrected chi connectivity index (χ4v) is 4.17. The zero-order chi connectivity index (χ0) is 14.7. The number of thioether (sulfide) groups is 1. The third-order valence-electron chi connectivity index (χ3n) is 3.23. The largest absolute Gasteiger partial charge is 0.505 e. The van der Waals surface area contributed by atoms with Crippen LogP contribution in [0.15, 0.2) is 11.0 Å². The van der Waals surface area contributed by atoms with E-state index >= 15 is 0 Å². The minimum absolute atomic E-state index is 0.128. The molecule has 0 radical (unpaired) electrons. The Hall–Kier alpha value is 0.240. The smallest absolute Gasteiger partial charge is 0.154 e.